The molecule has 2 rings (SSSR count). The van der Waals surface area contributed by atoms with Crippen LogP contribution in [0.5, 0.6) is 0 Å². The first-order chi connectivity index (χ1) is 9.50. The van der Waals surface area contributed by atoms with Gasteiger partial charge in [-0.3, -0.25) is 0 Å². The van der Waals surface area contributed by atoms with Crippen LogP contribution in [-0.4, -0.2) is 27.2 Å². The number of carboxylic acids is 1. The molecule has 0 atom stereocenters. The minimum atomic E-state index is -1.17. The summed E-state index contributed by atoms with van der Waals surface area (Å²) in [7, 11) is 1.89. The predicted molar refractivity (Wildman–Crippen MR) is 76.5 cm³/mol. The Hall–Kier alpha value is -1.89. The molecule has 5 nitrogen and oxygen atoms in total. The van der Waals surface area contributed by atoms with E-state index in [4.69, 9.17) is 5.11 Å². The van der Waals surface area contributed by atoms with Crippen LogP contribution in [0.3, 0.4) is 0 Å². The van der Waals surface area contributed by atoms with Crippen molar-refractivity contribution in [1.29, 1.82) is 0 Å². The summed E-state index contributed by atoms with van der Waals surface area (Å²) in [4.78, 5) is 15.0. The number of hydrogen-bond acceptors (Lipinski definition) is 3. The second-order valence-electron chi connectivity index (χ2n) is 4.22. The summed E-state index contributed by atoms with van der Waals surface area (Å²) < 4.78 is 15.8. The zero-order valence-electron chi connectivity index (χ0n) is 10.7. The van der Waals surface area contributed by atoms with Crippen LogP contribution in [0.4, 0.5) is 10.1 Å². The van der Waals surface area contributed by atoms with Crippen LogP contribution in [0.1, 0.15) is 16.2 Å². The fraction of sp³-hybridized carbons (Fsp3) is 0.231. The molecule has 0 radical (unpaired) electrons. The first-order valence-electron chi connectivity index (χ1n) is 5.92. The van der Waals surface area contributed by atoms with Gasteiger partial charge in [-0.1, -0.05) is 0 Å². The third-order valence-corrected chi connectivity index (χ3v) is 3.67. The van der Waals surface area contributed by atoms with Gasteiger partial charge in [0.2, 0.25) is 0 Å². The quantitative estimate of drug-likeness (QED) is 0.877. The van der Waals surface area contributed by atoms with Gasteiger partial charge in [-0.2, -0.15) is 0 Å². The minimum Gasteiger partial charge on any atom is -0.478 e. The number of nitrogens with one attached hydrogen (secondary N) is 1. The Morgan fingerprint density at radius 2 is 2.30 bits per heavy atom. The summed E-state index contributed by atoms with van der Waals surface area (Å²) in [6, 6.07) is 2.78. The topological polar surface area (TPSA) is 67.2 Å². The fourth-order valence-corrected chi connectivity index (χ4v) is 2.31. The van der Waals surface area contributed by atoms with Crippen LogP contribution in [0.25, 0.3) is 0 Å². The maximum absolute atomic E-state index is 14.0. The van der Waals surface area contributed by atoms with Crippen LogP contribution in [0.2, 0.25) is 0 Å². The number of rotatable bonds is 5. The molecule has 1 aromatic carbocycles. The van der Waals surface area contributed by atoms with E-state index in [2.05, 4.69) is 26.2 Å². The van der Waals surface area contributed by atoms with E-state index in [-0.39, 0.29) is 15.7 Å². The number of carboxylic acid groups (broad SMARTS) is 1. The third-order valence-electron chi connectivity index (χ3n) is 2.90. The number of aryl methyl sites for hydroxylation is 1. The van der Waals surface area contributed by atoms with E-state index in [1.54, 1.807) is 6.20 Å². The zero-order chi connectivity index (χ0) is 14.7. The molecule has 20 heavy (non-hydrogen) atoms. The average Bonchev–Trinajstić information content (AvgIpc) is 2.80. The van der Waals surface area contributed by atoms with Crippen LogP contribution in [-0.2, 0) is 13.5 Å². The summed E-state index contributed by atoms with van der Waals surface area (Å²) in [6.07, 6.45) is 4.18. The molecular formula is C13H13BrFN3O2. The molecule has 0 spiro atoms. The highest BCUT2D eigenvalue weighted by Gasteiger charge is 2.15. The SMILES string of the molecule is Cn1ccnc1CCNc1ccc(C(=O)O)c(Br)c1F. The molecule has 0 bridgehead atoms. The van der Waals surface area contributed by atoms with Crippen LogP contribution in [0, 0.1) is 5.82 Å². The van der Waals surface area contributed by atoms with Gasteiger partial charge in [-0.05, 0) is 28.1 Å². The molecule has 106 valence electrons. The summed E-state index contributed by atoms with van der Waals surface area (Å²) in [6.45, 7) is 0.501. The highest BCUT2D eigenvalue weighted by molar-refractivity contribution is 9.10. The Balaban J connectivity index is 2.05. The number of aromatic carboxylic acids is 1. The molecule has 0 unspecified atom stereocenters. The average molecular weight is 342 g/mol. The van der Waals surface area contributed by atoms with E-state index in [0.717, 1.165) is 5.82 Å². The molecule has 2 N–H and O–H groups in total. The molecule has 0 saturated heterocycles. The number of nitrogens with zero attached hydrogens (tertiary/aromatic N) is 2. The second kappa shape index (κ2) is 6.04. The van der Waals surface area contributed by atoms with Gasteiger partial charge in [0.15, 0.2) is 5.82 Å². The molecule has 1 heterocycles. The van der Waals surface area contributed by atoms with E-state index >= 15 is 0 Å². The lowest BCUT2D eigenvalue weighted by atomic mass is 10.2. The summed E-state index contributed by atoms with van der Waals surface area (Å²) in [5.41, 5.74) is 0.160. The number of halogens is 2. The Bertz CT molecular complexity index is 643. The highest BCUT2D eigenvalue weighted by atomic mass is 79.9. The lowest BCUT2D eigenvalue weighted by molar-refractivity contribution is 0.0695. The molecule has 2 aromatic rings. The van der Waals surface area contributed by atoms with E-state index in [1.807, 2.05) is 17.8 Å². The fourth-order valence-electron chi connectivity index (χ4n) is 1.80. The second-order valence-corrected chi connectivity index (χ2v) is 5.02. The van der Waals surface area contributed by atoms with Crippen molar-refractivity contribution in [3.8, 4) is 0 Å². The van der Waals surface area contributed by atoms with E-state index in [1.165, 1.54) is 12.1 Å². The van der Waals surface area contributed by atoms with Crippen LogP contribution >= 0.6 is 15.9 Å². The summed E-state index contributed by atoms with van der Waals surface area (Å²) in [5, 5.41) is 11.8. The lowest BCUT2D eigenvalue weighted by Crippen LogP contribution is -2.10. The highest BCUT2D eigenvalue weighted by Crippen LogP contribution is 2.27. The number of benzene rings is 1. The van der Waals surface area contributed by atoms with E-state index < -0.39 is 11.8 Å². The maximum Gasteiger partial charge on any atom is 0.336 e. The van der Waals surface area contributed by atoms with Crippen LogP contribution < -0.4 is 5.32 Å². The van der Waals surface area contributed by atoms with Crippen molar-refractivity contribution >= 4 is 27.6 Å². The Kier molecular flexibility index (Phi) is 4.39. The van der Waals surface area contributed by atoms with Crippen LogP contribution in [0.15, 0.2) is 29.0 Å². The Morgan fingerprint density at radius 1 is 1.55 bits per heavy atom. The standard InChI is InChI=1S/C13H13BrFN3O2/c1-18-7-6-17-10(18)4-5-16-9-3-2-8(13(19)20)11(14)12(9)15/h2-3,6-7,16H,4-5H2,1H3,(H,19,20). The Morgan fingerprint density at radius 3 is 2.90 bits per heavy atom. The van der Waals surface area contributed by atoms with E-state index in [0.29, 0.717) is 13.0 Å². The molecule has 1 aromatic heterocycles. The van der Waals surface area contributed by atoms with Crippen molar-refractivity contribution in [2.24, 2.45) is 7.05 Å². The monoisotopic (exact) mass is 341 g/mol. The van der Waals surface area contributed by atoms with Crippen molar-refractivity contribution in [3.05, 3.63) is 46.2 Å². The molecule has 0 amide bonds. The maximum atomic E-state index is 14.0. The van der Waals surface area contributed by atoms with Crippen molar-refractivity contribution in [3.63, 3.8) is 0 Å². The lowest BCUT2D eigenvalue weighted by Gasteiger charge is -2.10. The number of hydrogen-bond donors (Lipinski definition) is 2. The number of carbonyl (C=O) groups is 1. The number of imidazole rings is 1. The molecule has 0 saturated carbocycles. The molecule has 0 aliphatic carbocycles. The van der Waals surface area contributed by atoms with Gasteiger partial charge in [0.25, 0.3) is 0 Å². The minimum absolute atomic E-state index is 0.0491. The summed E-state index contributed by atoms with van der Waals surface area (Å²) >= 11 is 2.96. The third kappa shape index (κ3) is 2.98. The van der Waals surface area contributed by atoms with Gasteiger partial charge in [0.1, 0.15) is 5.82 Å². The van der Waals surface area contributed by atoms with Gasteiger partial charge >= 0.3 is 5.97 Å². The Labute approximate surface area is 123 Å². The van der Waals surface area contributed by atoms with E-state index in [9.17, 15) is 9.18 Å². The van der Waals surface area contributed by atoms with Gasteiger partial charge in [0.05, 0.1) is 15.7 Å². The zero-order valence-corrected chi connectivity index (χ0v) is 12.3. The van der Waals surface area contributed by atoms with Crippen molar-refractivity contribution in [1.82, 2.24) is 9.55 Å². The molecule has 7 heteroatoms. The molecule has 0 aliphatic heterocycles. The molecular weight excluding hydrogens is 329 g/mol. The van der Waals surface area contributed by atoms with Crippen molar-refractivity contribution in [2.75, 3.05) is 11.9 Å². The van der Waals surface area contributed by atoms with Crippen molar-refractivity contribution in [2.45, 2.75) is 6.42 Å². The normalized spacial score (nSPS) is 10.6. The first-order valence-corrected chi connectivity index (χ1v) is 6.71. The largest absolute Gasteiger partial charge is 0.478 e. The first kappa shape index (κ1) is 14.5. The van der Waals surface area contributed by atoms with Gasteiger partial charge in [0, 0.05) is 32.4 Å². The van der Waals surface area contributed by atoms with Crippen molar-refractivity contribution < 1.29 is 14.3 Å². The molecule has 0 fully saturated rings. The van der Waals surface area contributed by atoms with Gasteiger partial charge in [-0.15, -0.1) is 0 Å². The predicted octanol–water partition coefficient (Wildman–Crippen LogP) is 2.67. The summed E-state index contributed by atoms with van der Waals surface area (Å²) in [5.74, 6) is -0.890. The molecule has 0 aliphatic rings. The van der Waals surface area contributed by atoms with Gasteiger partial charge in [-0.25, -0.2) is 14.2 Å². The smallest absolute Gasteiger partial charge is 0.336 e. The van der Waals surface area contributed by atoms with Gasteiger partial charge < -0.3 is 15.0 Å². The number of aromatic nitrogens is 2. The number of anilines is 1.